The van der Waals surface area contributed by atoms with Crippen LogP contribution in [0.5, 0.6) is 11.5 Å². The highest BCUT2D eigenvalue weighted by Crippen LogP contribution is 2.47. The third-order valence-electron chi connectivity index (χ3n) is 4.28. The normalized spacial score (nSPS) is 20.3. The summed E-state index contributed by atoms with van der Waals surface area (Å²) in [7, 11) is 0. The molecular formula is C17H12F3NO5S. The van der Waals surface area contributed by atoms with Gasteiger partial charge in [0.15, 0.2) is 11.5 Å². The summed E-state index contributed by atoms with van der Waals surface area (Å²) < 4.78 is 54.0. The summed E-state index contributed by atoms with van der Waals surface area (Å²) in [6, 6.07) is 5.39. The van der Waals surface area contributed by atoms with Gasteiger partial charge in [-0.1, -0.05) is 6.07 Å². The minimum Gasteiger partial charge on any atom is -0.454 e. The number of hydrogen-bond donors (Lipinski definition) is 1. The van der Waals surface area contributed by atoms with Crippen molar-refractivity contribution >= 4 is 23.2 Å². The van der Waals surface area contributed by atoms with Crippen molar-refractivity contribution in [3.63, 3.8) is 0 Å². The maximum Gasteiger partial charge on any atom is 0.471 e. The first-order chi connectivity index (χ1) is 12.8. The Balaban J connectivity index is 1.63. The maximum atomic E-state index is 12.7. The number of nitrogens with one attached hydrogen (secondary N) is 1. The van der Waals surface area contributed by atoms with E-state index in [1.165, 1.54) is 17.4 Å². The quantitative estimate of drug-likeness (QED) is 0.800. The fraction of sp³-hybridized carbons (Fsp3) is 0.294. The van der Waals surface area contributed by atoms with E-state index in [1.807, 2.05) is 5.32 Å². The van der Waals surface area contributed by atoms with Crippen LogP contribution in [0, 0.1) is 0 Å². The zero-order chi connectivity index (χ0) is 19.2. The first-order valence-corrected chi connectivity index (χ1v) is 8.76. The second kappa shape index (κ2) is 6.45. The van der Waals surface area contributed by atoms with Crippen molar-refractivity contribution in [2.45, 2.75) is 24.7 Å². The Labute approximate surface area is 154 Å². The summed E-state index contributed by atoms with van der Waals surface area (Å²) in [5.74, 6) is -1.86. The molecule has 10 heteroatoms. The fourth-order valence-electron chi connectivity index (χ4n) is 3.09. The smallest absolute Gasteiger partial charge is 0.454 e. The Hall–Kier alpha value is -2.75. The fourth-order valence-corrected chi connectivity index (χ4v) is 3.70. The van der Waals surface area contributed by atoms with Crippen molar-refractivity contribution in [2.24, 2.45) is 0 Å². The van der Waals surface area contributed by atoms with E-state index in [-0.39, 0.29) is 13.2 Å². The van der Waals surface area contributed by atoms with Gasteiger partial charge in [0.2, 0.25) is 6.79 Å². The summed E-state index contributed by atoms with van der Waals surface area (Å²) in [6.45, 7) is -0.0164. The number of hydrogen-bond acceptors (Lipinski definition) is 6. The molecule has 1 aliphatic carbocycles. The SMILES string of the molecule is O=C(O[C@@H]1C[C@@H](NC(=O)C(F)(F)F)c2cc3c(cc21)OCO3)c1cccs1. The number of carbonyl (C=O) groups excluding carboxylic acids is 2. The van der Waals surface area contributed by atoms with E-state index in [2.05, 4.69) is 0 Å². The van der Waals surface area contributed by atoms with Crippen LogP contribution in [0.15, 0.2) is 29.6 Å². The minimum absolute atomic E-state index is 0.0164. The van der Waals surface area contributed by atoms with Gasteiger partial charge in [-0.05, 0) is 29.1 Å². The number of halogens is 3. The molecule has 2 aromatic rings. The molecule has 6 nitrogen and oxygen atoms in total. The van der Waals surface area contributed by atoms with Crippen molar-refractivity contribution < 1.29 is 37.0 Å². The zero-order valence-electron chi connectivity index (χ0n) is 13.5. The van der Waals surface area contributed by atoms with Gasteiger partial charge in [0.25, 0.3) is 0 Å². The lowest BCUT2D eigenvalue weighted by molar-refractivity contribution is -0.174. The van der Waals surface area contributed by atoms with Gasteiger partial charge in [-0.2, -0.15) is 13.2 Å². The minimum atomic E-state index is -5.01. The number of thiophene rings is 1. The van der Waals surface area contributed by atoms with Crippen LogP contribution in [0.4, 0.5) is 13.2 Å². The van der Waals surface area contributed by atoms with Gasteiger partial charge >= 0.3 is 18.1 Å². The summed E-state index contributed by atoms with van der Waals surface area (Å²) in [6.07, 6.45) is -5.85. The van der Waals surface area contributed by atoms with Crippen molar-refractivity contribution in [1.82, 2.24) is 5.32 Å². The summed E-state index contributed by atoms with van der Waals surface area (Å²) in [5, 5.41) is 3.67. The number of esters is 1. The predicted molar refractivity (Wildman–Crippen MR) is 86.6 cm³/mol. The highest BCUT2D eigenvalue weighted by atomic mass is 32.1. The average Bonchev–Trinajstić information content (AvgIpc) is 3.33. The molecule has 2 atom stereocenters. The summed E-state index contributed by atoms with van der Waals surface area (Å²) >= 11 is 1.19. The predicted octanol–water partition coefficient (Wildman–Crippen LogP) is 3.50. The second-order valence-electron chi connectivity index (χ2n) is 5.97. The molecule has 0 radical (unpaired) electrons. The molecule has 27 heavy (non-hydrogen) atoms. The largest absolute Gasteiger partial charge is 0.471 e. The van der Waals surface area contributed by atoms with E-state index >= 15 is 0 Å². The topological polar surface area (TPSA) is 73.9 Å². The van der Waals surface area contributed by atoms with Crippen LogP contribution in [-0.2, 0) is 9.53 Å². The highest BCUT2D eigenvalue weighted by Gasteiger charge is 2.43. The first kappa shape index (κ1) is 17.7. The molecule has 0 fully saturated rings. The maximum absolute atomic E-state index is 12.7. The number of ether oxygens (including phenoxy) is 3. The monoisotopic (exact) mass is 399 g/mol. The van der Waals surface area contributed by atoms with Crippen LogP contribution in [-0.4, -0.2) is 24.8 Å². The number of benzene rings is 1. The third-order valence-corrected chi connectivity index (χ3v) is 5.13. The lowest BCUT2D eigenvalue weighted by Crippen LogP contribution is -2.38. The molecule has 2 heterocycles. The van der Waals surface area contributed by atoms with Gasteiger partial charge in [0, 0.05) is 12.0 Å². The first-order valence-electron chi connectivity index (χ1n) is 7.88. The molecule has 0 saturated carbocycles. The van der Waals surface area contributed by atoms with Gasteiger partial charge in [0.05, 0.1) is 6.04 Å². The Morgan fingerprint density at radius 3 is 2.52 bits per heavy atom. The molecule has 1 amide bonds. The van der Waals surface area contributed by atoms with Crippen LogP contribution in [0.2, 0.25) is 0 Å². The third kappa shape index (κ3) is 3.32. The number of carbonyl (C=O) groups is 2. The molecule has 0 saturated heterocycles. The van der Waals surface area contributed by atoms with Crippen molar-refractivity contribution in [1.29, 1.82) is 0 Å². The van der Waals surface area contributed by atoms with Gasteiger partial charge in [-0.15, -0.1) is 11.3 Å². The highest BCUT2D eigenvalue weighted by molar-refractivity contribution is 7.11. The zero-order valence-corrected chi connectivity index (χ0v) is 14.4. The van der Waals surface area contributed by atoms with Crippen LogP contribution in [0.25, 0.3) is 0 Å². The van der Waals surface area contributed by atoms with Gasteiger partial charge in [0.1, 0.15) is 11.0 Å². The second-order valence-corrected chi connectivity index (χ2v) is 6.91. The Morgan fingerprint density at radius 2 is 1.89 bits per heavy atom. The standard InChI is InChI=1S/C17H12F3NO5S/c18-17(19,20)16(23)21-10-6-11(26-15(22)14-2-1-3-27-14)9-5-13-12(4-8(9)10)24-7-25-13/h1-5,10-11H,6-7H2,(H,21,23)/t10-,11-/m1/s1. The van der Waals surface area contributed by atoms with E-state index in [0.29, 0.717) is 27.5 Å². The van der Waals surface area contributed by atoms with E-state index in [9.17, 15) is 22.8 Å². The van der Waals surface area contributed by atoms with Crippen LogP contribution < -0.4 is 14.8 Å². The van der Waals surface area contributed by atoms with Crippen LogP contribution >= 0.6 is 11.3 Å². The van der Waals surface area contributed by atoms with E-state index < -0.39 is 30.2 Å². The lowest BCUT2D eigenvalue weighted by Gasteiger charge is -2.16. The van der Waals surface area contributed by atoms with E-state index in [1.54, 1.807) is 23.6 Å². The Bertz CT molecular complexity index is 897. The van der Waals surface area contributed by atoms with Gasteiger partial charge < -0.3 is 19.5 Å². The van der Waals surface area contributed by atoms with Crippen molar-refractivity contribution in [3.8, 4) is 11.5 Å². The summed E-state index contributed by atoms with van der Waals surface area (Å²) in [4.78, 5) is 24.0. The molecule has 142 valence electrons. The van der Waals surface area contributed by atoms with E-state index in [0.717, 1.165) is 0 Å². The molecule has 0 spiro atoms. The molecule has 0 bridgehead atoms. The molecule has 2 aliphatic rings. The number of fused-ring (bicyclic) bond motifs is 2. The number of amides is 1. The Morgan fingerprint density at radius 1 is 1.19 bits per heavy atom. The Kier molecular flexibility index (Phi) is 4.22. The van der Waals surface area contributed by atoms with E-state index in [4.69, 9.17) is 14.2 Å². The van der Waals surface area contributed by atoms with Crippen LogP contribution in [0.1, 0.15) is 39.4 Å². The molecule has 1 aliphatic heterocycles. The molecule has 1 aromatic heterocycles. The molecular weight excluding hydrogens is 387 g/mol. The summed E-state index contributed by atoms with van der Waals surface area (Å²) in [5.41, 5.74) is 0.887. The number of alkyl halides is 3. The molecule has 0 unspecified atom stereocenters. The number of rotatable bonds is 3. The van der Waals surface area contributed by atoms with Gasteiger partial charge in [-0.3, -0.25) is 4.79 Å². The van der Waals surface area contributed by atoms with Crippen molar-refractivity contribution in [2.75, 3.05) is 6.79 Å². The molecule has 4 rings (SSSR count). The van der Waals surface area contributed by atoms with Crippen molar-refractivity contribution in [3.05, 3.63) is 45.6 Å². The molecule has 1 N–H and O–H groups in total. The molecule has 1 aromatic carbocycles. The van der Waals surface area contributed by atoms with Gasteiger partial charge in [-0.25, -0.2) is 4.79 Å². The average molecular weight is 399 g/mol. The van der Waals surface area contributed by atoms with Crippen LogP contribution in [0.3, 0.4) is 0 Å². The lowest BCUT2D eigenvalue weighted by atomic mass is 10.1.